The summed E-state index contributed by atoms with van der Waals surface area (Å²) in [6.07, 6.45) is 3.36. The predicted octanol–water partition coefficient (Wildman–Crippen LogP) is 3.32. The van der Waals surface area contributed by atoms with E-state index in [2.05, 4.69) is 12.2 Å². The first-order valence-corrected chi connectivity index (χ1v) is 7.50. The van der Waals surface area contributed by atoms with Crippen molar-refractivity contribution < 1.29 is 14.7 Å². The summed E-state index contributed by atoms with van der Waals surface area (Å²) in [6.45, 7) is 5.80. The Balaban J connectivity index is 1.96. The fourth-order valence-corrected chi connectivity index (χ4v) is 2.94. The first-order valence-electron chi connectivity index (χ1n) is 7.50. The molecule has 0 aromatic heterocycles. The van der Waals surface area contributed by atoms with E-state index in [1.165, 1.54) is 5.56 Å². The predicted molar refractivity (Wildman–Crippen MR) is 82.1 cm³/mol. The molecule has 1 amide bonds. The lowest BCUT2D eigenvalue weighted by Crippen LogP contribution is -2.17. The fraction of sp³-hybridized carbons (Fsp3) is 0.529. The van der Waals surface area contributed by atoms with E-state index >= 15 is 0 Å². The molecule has 114 valence electrons. The smallest absolute Gasteiger partial charge is 0.307 e. The molecule has 2 N–H and O–H groups in total. The SMILES string of the molecule is CCCCc1ccc(NC(=O)[C@H]2[C@@H](C(=O)O)C2(C)C)cc1. The number of unbranched alkanes of at least 4 members (excludes halogenated alkanes) is 1. The zero-order chi connectivity index (χ0) is 15.6. The number of benzene rings is 1. The van der Waals surface area contributed by atoms with E-state index in [1.807, 2.05) is 38.1 Å². The van der Waals surface area contributed by atoms with E-state index in [1.54, 1.807) is 0 Å². The molecule has 1 fully saturated rings. The van der Waals surface area contributed by atoms with Crippen LogP contribution in [0.25, 0.3) is 0 Å². The molecule has 4 nitrogen and oxygen atoms in total. The standard InChI is InChI=1S/C17H23NO3/c1-4-5-6-11-7-9-12(10-8-11)18-15(19)13-14(16(20)21)17(13,2)3/h7-10,13-14H,4-6H2,1-3H3,(H,18,19)(H,20,21)/t13-,14+/m1/s1. The zero-order valence-electron chi connectivity index (χ0n) is 12.8. The highest BCUT2D eigenvalue weighted by Gasteiger charge is 2.65. The number of anilines is 1. The van der Waals surface area contributed by atoms with Crippen LogP contribution in [0.5, 0.6) is 0 Å². The largest absolute Gasteiger partial charge is 0.481 e. The lowest BCUT2D eigenvalue weighted by atomic mass is 10.1. The van der Waals surface area contributed by atoms with Crippen LogP contribution in [0.4, 0.5) is 5.69 Å². The van der Waals surface area contributed by atoms with Crippen molar-refractivity contribution in [2.45, 2.75) is 40.0 Å². The van der Waals surface area contributed by atoms with Crippen molar-refractivity contribution in [3.63, 3.8) is 0 Å². The van der Waals surface area contributed by atoms with Gasteiger partial charge in [0.05, 0.1) is 11.8 Å². The average Bonchev–Trinajstić information content (AvgIpc) is 3.01. The van der Waals surface area contributed by atoms with Crippen molar-refractivity contribution in [1.82, 2.24) is 0 Å². The molecular weight excluding hydrogens is 266 g/mol. The molecule has 1 aliphatic carbocycles. The maximum Gasteiger partial charge on any atom is 0.307 e. The number of carboxylic acid groups (broad SMARTS) is 1. The van der Waals surface area contributed by atoms with E-state index in [4.69, 9.17) is 5.11 Å². The van der Waals surface area contributed by atoms with Crippen LogP contribution in [0, 0.1) is 17.3 Å². The first-order chi connectivity index (χ1) is 9.87. The van der Waals surface area contributed by atoms with Gasteiger partial charge in [0.25, 0.3) is 0 Å². The third-order valence-electron chi connectivity index (χ3n) is 4.42. The van der Waals surface area contributed by atoms with Gasteiger partial charge in [0.15, 0.2) is 0 Å². The van der Waals surface area contributed by atoms with Gasteiger partial charge in [-0.25, -0.2) is 0 Å². The summed E-state index contributed by atoms with van der Waals surface area (Å²) in [5, 5.41) is 11.9. The number of aryl methyl sites for hydroxylation is 1. The topological polar surface area (TPSA) is 66.4 Å². The Hall–Kier alpha value is -1.84. The van der Waals surface area contributed by atoms with Crippen LogP contribution in [-0.4, -0.2) is 17.0 Å². The number of aliphatic carboxylic acids is 1. The first kappa shape index (κ1) is 15.5. The Morgan fingerprint density at radius 2 is 1.81 bits per heavy atom. The Kier molecular flexibility index (Phi) is 4.35. The number of rotatable bonds is 6. The van der Waals surface area contributed by atoms with Gasteiger partial charge in [-0.15, -0.1) is 0 Å². The molecule has 0 unspecified atom stereocenters. The summed E-state index contributed by atoms with van der Waals surface area (Å²) < 4.78 is 0. The quantitative estimate of drug-likeness (QED) is 0.844. The number of amides is 1. The Morgan fingerprint density at radius 1 is 1.19 bits per heavy atom. The Bertz CT molecular complexity index is 533. The molecule has 2 rings (SSSR count). The zero-order valence-corrected chi connectivity index (χ0v) is 12.8. The highest BCUT2D eigenvalue weighted by Crippen LogP contribution is 2.58. The number of nitrogens with one attached hydrogen (secondary N) is 1. The Morgan fingerprint density at radius 3 is 2.29 bits per heavy atom. The second-order valence-corrected chi connectivity index (χ2v) is 6.40. The molecule has 0 radical (unpaired) electrons. The van der Waals surface area contributed by atoms with Crippen molar-refractivity contribution >= 4 is 17.6 Å². The molecule has 0 saturated heterocycles. The minimum absolute atomic E-state index is 0.200. The van der Waals surface area contributed by atoms with Crippen LogP contribution in [-0.2, 0) is 16.0 Å². The van der Waals surface area contributed by atoms with Gasteiger partial charge >= 0.3 is 5.97 Å². The van der Waals surface area contributed by atoms with Gasteiger partial charge in [0, 0.05) is 5.69 Å². The van der Waals surface area contributed by atoms with Crippen LogP contribution >= 0.6 is 0 Å². The number of carbonyl (C=O) groups excluding carboxylic acids is 1. The molecule has 1 aliphatic rings. The van der Waals surface area contributed by atoms with Gasteiger partial charge in [-0.1, -0.05) is 39.3 Å². The van der Waals surface area contributed by atoms with Crippen molar-refractivity contribution in [3.05, 3.63) is 29.8 Å². The van der Waals surface area contributed by atoms with Gasteiger partial charge in [0.1, 0.15) is 0 Å². The molecule has 4 heteroatoms. The number of hydrogen-bond donors (Lipinski definition) is 2. The van der Waals surface area contributed by atoms with Crippen LogP contribution in [0.1, 0.15) is 39.2 Å². The third kappa shape index (κ3) is 3.26. The number of hydrogen-bond acceptors (Lipinski definition) is 2. The minimum atomic E-state index is -0.893. The van der Waals surface area contributed by atoms with Crippen LogP contribution in [0.3, 0.4) is 0 Å². The van der Waals surface area contributed by atoms with Crippen LogP contribution in [0.2, 0.25) is 0 Å². The molecule has 0 bridgehead atoms. The summed E-state index contributed by atoms with van der Waals surface area (Å²) in [6, 6.07) is 7.79. The van der Waals surface area contributed by atoms with E-state index < -0.39 is 23.2 Å². The monoisotopic (exact) mass is 289 g/mol. The van der Waals surface area contributed by atoms with Crippen molar-refractivity contribution in [2.75, 3.05) is 5.32 Å². The number of carbonyl (C=O) groups is 2. The van der Waals surface area contributed by atoms with Crippen LogP contribution < -0.4 is 5.32 Å². The molecular formula is C17H23NO3. The van der Waals surface area contributed by atoms with E-state index in [9.17, 15) is 9.59 Å². The second-order valence-electron chi connectivity index (χ2n) is 6.40. The van der Waals surface area contributed by atoms with Gasteiger partial charge in [-0.2, -0.15) is 0 Å². The van der Waals surface area contributed by atoms with E-state index in [0.717, 1.165) is 24.9 Å². The lowest BCUT2D eigenvalue weighted by molar-refractivity contribution is -0.140. The molecule has 2 atom stereocenters. The molecule has 21 heavy (non-hydrogen) atoms. The van der Waals surface area contributed by atoms with E-state index in [-0.39, 0.29) is 5.91 Å². The summed E-state index contributed by atoms with van der Waals surface area (Å²) in [7, 11) is 0. The van der Waals surface area contributed by atoms with Gasteiger partial charge in [0.2, 0.25) is 5.91 Å². The van der Waals surface area contributed by atoms with Crippen molar-refractivity contribution in [3.8, 4) is 0 Å². The van der Waals surface area contributed by atoms with Gasteiger partial charge < -0.3 is 10.4 Å². The maximum atomic E-state index is 12.2. The summed E-state index contributed by atoms with van der Waals surface area (Å²) in [5.74, 6) is -2.13. The maximum absolute atomic E-state index is 12.2. The summed E-state index contributed by atoms with van der Waals surface area (Å²) in [4.78, 5) is 23.3. The Labute approximate surface area is 125 Å². The molecule has 1 aromatic carbocycles. The van der Waals surface area contributed by atoms with Crippen molar-refractivity contribution in [2.24, 2.45) is 17.3 Å². The van der Waals surface area contributed by atoms with E-state index in [0.29, 0.717) is 0 Å². The number of carboxylic acids is 1. The van der Waals surface area contributed by atoms with Gasteiger partial charge in [-0.3, -0.25) is 9.59 Å². The molecule has 1 saturated carbocycles. The lowest BCUT2D eigenvalue weighted by Gasteiger charge is -2.07. The average molecular weight is 289 g/mol. The normalized spacial score (nSPS) is 22.6. The fourth-order valence-electron chi connectivity index (χ4n) is 2.94. The molecule has 1 aromatic rings. The van der Waals surface area contributed by atoms with Crippen LogP contribution in [0.15, 0.2) is 24.3 Å². The second kappa shape index (κ2) is 5.88. The highest BCUT2D eigenvalue weighted by molar-refractivity contribution is 5.99. The minimum Gasteiger partial charge on any atom is -0.481 e. The third-order valence-corrected chi connectivity index (χ3v) is 4.42. The molecule has 0 aliphatic heterocycles. The van der Waals surface area contributed by atoms with Crippen molar-refractivity contribution in [1.29, 1.82) is 0 Å². The highest BCUT2D eigenvalue weighted by atomic mass is 16.4. The van der Waals surface area contributed by atoms with Gasteiger partial charge in [-0.05, 0) is 36.0 Å². The summed E-state index contributed by atoms with van der Waals surface area (Å²) >= 11 is 0. The molecule has 0 heterocycles. The molecule has 0 spiro atoms. The summed E-state index contributed by atoms with van der Waals surface area (Å²) in [5.41, 5.74) is 1.52.